The number of ether oxygens (including phenoxy) is 1. The van der Waals surface area contributed by atoms with Crippen molar-refractivity contribution in [2.24, 2.45) is 5.73 Å². The van der Waals surface area contributed by atoms with Crippen molar-refractivity contribution in [3.05, 3.63) is 18.0 Å². The summed E-state index contributed by atoms with van der Waals surface area (Å²) in [4.78, 5) is 10.9. The van der Waals surface area contributed by atoms with Gasteiger partial charge in [0.2, 0.25) is 5.95 Å². The highest BCUT2D eigenvalue weighted by Gasteiger charge is 2.24. The van der Waals surface area contributed by atoms with Crippen molar-refractivity contribution >= 4 is 23.2 Å². The molecule has 0 aromatic carbocycles. The summed E-state index contributed by atoms with van der Waals surface area (Å²) in [5.74, 6) is 0.671. The zero-order valence-corrected chi connectivity index (χ0v) is 9.91. The second kappa shape index (κ2) is 4.71. The Hall–Kier alpha value is -1.27. The van der Waals surface area contributed by atoms with Gasteiger partial charge in [0.1, 0.15) is 10.7 Å². The molecule has 0 amide bonds. The summed E-state index contributed by atoms with van der Waals surface area (Å²) in [6.45, 7) is 1.72. The van der Waals surface area contributed by atoms with E-state index in [2.05, 4.69) is 14.9 Å². The van der Waals surface area contributed by atoms with E-state index in [0.717, 1.165) is 19.5 Å². The van der Waals surface area contributed by atoms with E-state index in [9.17, 15) is 0 Å². The predicted molar refractivity (Wildman–Crippen MR) is 65.5 cm³/mol. The second-order valence-electron chi connectivity index (χ2n) is 3.70. The molecule has 1 aliphatic heterocycles. The van der Waals surface area contributed by atoms with E-state index in [0.29, 0.717) is 16.6 Å². The molecule has 2 heterocycles. The maximum absolute atomic E-state index is 5.53. The third kappa shape index (κ3) is 2.28. The van der Waals surface area contributed by atoms with Crippen LogP contribution < -0.4 is 10.6 Å². The largest absolute Gasteiger partial charge is 0.388 e. The van der Waals surface area contributed by atoms with Crippen LogP contribution in [0.2, 0.25) is 0 Å². The molecule has 16 heavy (non-hydrogen) atoms. The van der Waals surface area contributed by atoms with Gasteiger partial charge in [-0.05, 0) is 12.5 Å². The van der Waals surface area contributed by atoms with Gasteiger partial charge in [0.05, 0.1) is 6.10 Å². The zero-order chi connectivity index (χ0) is 11.5. The van der Waals surface area contributed by atoms with Gasteiger partial charge < -0.3 is 15.4 Å². The summed E-state index contributed by atoms with van der Waals surface area (Å²) in [6, 6.07) is 1.72. The molecule has 2 N–H and O–H groups in total. The smallest absolute Gasteiger partial charge is 0.226 e. The van der Waals surface area contributed by atoms with Crippen molar-refractivity contribution in [2.75, 3.05) is 25.1 Å². The van der Waals surface area contributed by atoms with E-state index in [1.54, 1.807) is 19.4 Å². The average molecular weight is 238 g/mol. The summed E-state index contributed by atoms with van der Waals surface area (Å²) < 4.78 is 5.29. The van der Waals surface area contributed by atoms with Crippen molar-refractivity contribution in [3.63, 3.8) is 0 Å². The monoisotopic (exact) mass is 238 g/mol. The standard InChI is InChI=1S/C10H14N4OS/c1-15-7-3-5-14(6-7)10-12-4-2-8(13-10)9(11)16/h2,4,7H,3,5-6H2,1H3,(H2,11,16). The molecule has 6 heteroatoms. The molecule has 0 saturated carbocycles. The zero-order valence-electron chi connectivity index (χ0n) is 9.09. The Labute approximate surface area is 99.6 Å². The minimum atomic E-state index is 0.261. The van der Waals surface area contributed by atoms with Gasteiger partial charge in [-0.2, -0.15) is 0 Å². The van der Waals surface area contributed by atoms with E-state index >= 15 is 0 Å². The highest BCUT2D eigenvalue weighted by molar-refractivity contribution is 7.80. The number of nitrogens with two attached hydrogens (primary N) is 1. The average Bonchev–Trinajstić information content (AvgIpc) is 2.77. The third-order valence-electron chi connectivity index (χ3n) is 2.66. The first-order valence-electron chi connectivity index (χ1n) is 5.11. The molecule has 0 radical (unpaired) electrons. The lowest BCUT2D eigenvalue weighted by Gasteiger charge is -2.16. The second-order valence-corrected chi connectivity index (χ2v) is 4.14. The van der Waals surface area contributed by atoms with Crippen LogP contribution in [0.4, 0.5) is 5.95 Å². The lowest BCUT2D eigenvalue weighted by Crippen LogP contribution is -2.25. The van der Waals surface area contributed by atoms with Crippen LogP contribution in [0.3, 0.4) is 0 Å². The number of hydrogen-bond acceptors (Lipinski definition) is 5. The molecule has 1 atom stereocenters. The molecule has 5 nitrogen and oxygen atoms in total. The predicted octanol–water partition coefficient (Wildman–Crippen LogP) is 0.336. The van der Waals surface area contributed by atoms with Crippen molar-refractivity contribution in [3.8, 4) is 0 Å². The van der Waals surface area contributed by atoms with E-state index in [1.807, 2.05) is 0 Å². The summed E-state index contributed by atoms with van der Waals surface area (Å²) >= 11 is 4.89. The Morgan fingerprint density at radius 3 is 3.12 bits per heavy atom. The van der Waals surface area contributed by atoms with Gasteiger partial charge in [-0.3, -0.25) is 0 Å². The number of methoxy groups -OCH3 is 1. The Bertz CT molecular complexity index is 398. The molecule has 2 rings (SSSR count). The third-order valence-corrected chi connectivity index (χ3v) is 2.87. The van der Waals surface area contributed by atoms with Crippen LogP contribution in [0.25, 0.3) is 0 Å². The molecular weight excluding hydrogens is 224 g/mol. The first-order chi connectivity index (χ1) is 7.70. The molecule has 1 saturated heterocycles. The molecule has 86 valence electrons. The van der Waals surface area contributed by atoms with Crippen LogP contribution in [0, 0.1) is 0 Å². The minimum Gasteiger partial charge on any atom is -0.388 e. The van der Waals surface area contributed by atoms with Crippen molar-refractivity contribution in [2.45, 2.75) is 12.5 Å². The van der Waals surface area contributed by atoms with Crippen LogP contribution in [-0.2, 0) is 4.74 Å². The highest BCUT2D eigenvalue weighted by Crippen LogP contribution is 2.17. The lowest BCUT2D eigenvalue weighted by atomic mass is 10.3. The number of nitrogens with zero attached hydrogens (tertiary/aromatic N) is 3. The quantitative estimate of drug-likeness (QED) is 0.766. The lowest BCUT2D eigenvalue weighted by molar-refractivity contribution is 0.121. The number of rotatable bonds is 3. The fourth-order valence-corrected chi connectivity index (χ4v) is 1.85. The summed E-state index contributed by atoms with van der Waals surface area (Å²) in [5.41, 5.74) is 6.14. The summed E-state index contributed by atoms with van der Waals surface area (Å²) in [5, 5.41) is 0. The molecule has 1 aromatic rings. The Morgan fingerprint density at radius 1 is 1.69 bits per heavy atom. The molecule has 1 fully saturated rings. The van der Waals surface area contributed by atoms with Crippen LogP contribution in [0.15, 0.2) is 12.3 Å². The number of thiocarbonyl (C=S) groups is 1. The van der Waals surface area contributed by atoms with Crippen LogP contribution >= 0.6 is 12.2 Å². The molecule has 0 aliphatic carbocycles. The Morgan fingerprint density at radius 2 is 2.50 bits per heavy atom. The fraction of sp³-hybridized carbons (Fsp3) is 0.500. The molecule has 0 spiro atoms. The molecule has 1 aliphatic rings. The number of hydrogen-bond donors (Lipinski definition) is 1. The first kappa shape index (κ1) is 11.2. The Kier molecular flexibility index (Phi) is 3.31. The normalized spacial score (nSPS) is 20.1. The maximum Gasteiger partial charge on any atom is 0.226 e. The van der Waals surface area contributed by atoms with Gasteiger partial charge >= 0.3 is 0 Å². The van der Waals surface area contributed by atoms with Gasteiger partial charge in [0.25, 0.3) is 0 Å². The SMILES string of the molecule is COC1CCN(c2nccc(C(N)=S)n2)C1. The van der Waals surface area contributed by atoms with Crippen LogP contribution in [0.5, 0.6) is 0 Å². The molecule has 0 bridgehead atoms. The first-order valence-corrected chi connectivity index (χ1v) is 5.52. The fourth-order valence-electron chi connectivity index (χ4n) is 1.74. The van der Waals surface area contributed by atoms with E-state index in [1.165, 1.54) is 0 Å². The van der Waals surface area contributed by atoms with Crippen LogP contribution in [-0.4, -0.2) is 41.3 Å². The van der Waals surface area contributed by atoms with Gasteiger partial charge in [0, 0.05) is 26.4 Å². The van der Waals surface area contributed by atoms with Gasteiger partial charge in [-0.1, -0.05) is 12.2 Å². The van der Waals surface area contributed by atoms with E-state index in [-0.39, 0.29) is 6.10 Å². The van der Waals surface area contributed by atoms with Crippen molar-refractivity contribution < 1.29 is 4.74 Å². The minimum absolute atomic E-state index is 0.261. The summed E-state index contributed by atoms with van der Waals surface area (Å²) in [6.07, 6.45) is 2.94. The van der Waals surface area contributed by atoms with E-state index in [4.69, 9.17) is 22.7 Å². The van der Waals surface area contributed by atoms with Gasteiger partial charge in [-0.15, -0.1) is 0 Å². The number of anilines is 1. The highest BCUT2D eigenvalue weighted by atomic mass is 32.1. The molecule has 1 aromatic heterocycles. The van der Waals surface area contributed by atoms with Crippen molar-refractivity contribution in [1.29, 1.82) is 0 Å². The summed E-state index contributed by atoms with van der Waals surface area (Å²) in [7, 11) is 1.72. The van der Waals surface area contributed by atoms with Gasteiger partial charge in [0.15, 0.2) is 0 Å². The van der Waals surface area contributed by atoms with Gasteiger partial charge in [-0.25, -0.2) is 9.97 Å². The topological polar surface area (TPSA) is 64.3 Å². The molecule has 1 unspecified atom stereocenters. The molecular formula is C10H14N4OS. The van der Waals surface area contributed by atoms with Crippen molar-refractivity contribution in [1.82, 2.24) is 9.97 Å². The van der Waals surface area contributed by atoms with Crippen LogP contribution in [0.1, 0.15) is 12.1 Å². The van der Waals surface area contributed by atoms with E-state index < -0.39 is 0 Å². The number of aromatic nitrogens is 2. The Balaban J connectivity index is 2.15. The maximum atomic E-state index is 5.53.